The minimum atomic E-state index is 0.567. The van der Waals surface area contributed by atoms with Crippen molar-refractivity contribution in [1.29, 1.82) is 0 Å². The summed E-state index contributed by atoms with van der Waals surface area (Å²) < 4.78 is 0. The van der Waals surface area contributed by atoms with Crippen LogP contribution in [0.3, 0.4) is 0 Å². The number of benzene rings is 2. The third-order valence-electron chi connectivity index (χ3n) is 3.34. The molecule has 0 aliphatic heterocycles. The molecular formula is C17H20ClN. The Bertz CT molecular complexity index is 563. The highest BCUT2D eigenvalue weighted by molar-refractivity contribution is 6.17. The first-order chi connectivity index (χ1) is 9.15. The summed E-state index contributed by atoms with van der Waals surface area (Å²) in [6.07, 6.45) is 0. The molecule has 0 N–H and O–H groups in total. The fourth-order valence-electron chi connectivity index (χ4n) is 2.39. The topological polar surface area (TPSA) is 3.24 Å². The van der Waals surface area contributed by atoms with E-state index in [4.69, 9.17) is 11.6 Å². The Hall–Kier alpha value is -1.47. The van der Waals surface area contributed by atoms with Crippen molar-refractivity contribution < 1.29 is 0 Å². The monoisotopic (exact) mass is 273 g/mol. The quantitative estimate of drug-likeness (QED) is 0.692. The zero-order valence-corrected chi connectivity index (χ0v) is 12.5. The molecule has 2 rings (SSSR count). The van der Waals surface area contributed by atoms with Crippen LogP contribution < -0.4 is 4.90 Å². The van der Waals surface area contributed by atoms with E-state index in [0.717, 1.165) is 6.54 Å². The number of aryl methyl sites for hydroxylation is 2. The summed E-state index contributed by atoms with van der Waals surface area (Å²) in [5, 5.41) is 0. The zero-order chi connectivity index (χ0) is 13.8. The molecule has 0 saturated heterocycles. The van der Waals surface area contributed by atoms with Crippen molar-refractivity contribution in [2.24, 2.45) is 0 Å². The van der Waals surface area contributed by atoms with Gasteiger partial charge in [0.15, 0.2) is 0 Å². The summed E-state index contributed by atoms with van der Waals surface area (Å²) in [5.41, 5.74) is 6.21. The van der Waals surface area contributed by atoms with Crippen LogP contribution in [0.1, 0.15) is 23.6 Å². The number of hydrogen-bond acceptors (Lipinski definition) is 1. The molecule has 0 radical (unpaired) electrons. The molecule has 0 unspecified atom stereocenters. The van der Waals surface area contributed by atoms with Crippen LogP contribution >= 0.6 is 11.6 Å². The van der Waals surface area contributed by atoms with E-state index in [1.807, 2.05) is 0 Å². The minimum Gasteiger partial charge on any atom is -0.342 e. The first kappa shape index (κ1) is 14.0. The van der Waals surface area contributed by atoms with E-state index in [2.05, 4.69) is 68.1 Å². The number of anilines is 2. The maximum Gasteiger partial charge on any atom is 0.0474 e. The van der Waals surface area contributed by atoms with Crippen molar-refractivity contribution in [3.63, 3.8) is 0 Å². The lowest BCUT2D eigenvalue weighted by molar-refractivity contribution is 1.01. The van der Waals surface area contributed by atoms with Crippen molar-refractivity contribution in [2.45, 2.75) is 26.7 Å². The SMILES string of the molecule is CCN(c1cccc(C)c1)c1ccc(CCl)cc1C. The molecule has 1 nitrogen and oxygen atoms in total. The second-order valence-corrected chi connectivity index (χ2v) is 5.10. The molecule has 0 aliphatic carbocycles. The van der Waals surface area contributed by atoms with Crippen LogP contribution in [0.4, 0.5) is 11.4 Å². The molecule has 19 heavy (non-hydrogen) atoms. The maximum atomic E-state index is 5.89. The third kappa shape index (κ3) is 3.10. The lowest BCUT2D eigenvalue weighted by atomic mass is 10.1. The number of alkyl halides is 1. The van der Waals surface area contributed by atoms with Crippen molar-refractivity contribution in [1.82, 2.24) is 0 Å². The molecule has 0 aromatic heterocycles. The highest BCUT2D eigenvalue weighted by atomic mass is 35.5. The van der Waals surface area contributed by atoms with Crippen LogP contribution in [0.15, 0.2) is 42.5 Å². The smallest absolute Gasteiger partial charge is 0.0474 e. The normalized spacial score (nSPS) is 10.5. The number of nitrogens with zero attached hydrogens (tertiary/aromatic N) is 1. The summed E-state index contributed by atoms with van der Waals surface area (Å²) >= 11 is 5.89. The van der Waals surface area contributed by atoms with Gasteiger partial charge in [-0.05, 0) is 55.7 Å². The molecule has 2 aromatic rings. The Kier molecular flexibility index (Phi) is 4.49. The summed E-state index contributed by atoms with van der Waals surface area (Å²) in [7, 11) is 0. The van der Waals surface area contributed by atoms with Gasteiger partial charge in [-0.25, -0.2) is 0 Å². The van der Waals surface area contributed by atoms with E-state index in [1.54, 1.807) is 0 Å². The van der Waals surface area contributed by atoms with Gasteiger partial charge in [0.25, 0.3) is 0 Å². The summed E-state index contributed by atoms with van der Waals surface area (Å²) in [6.45, 7) is 7.40. The van der Waals surface area contributed by atoms with Crippen molar-refractivity contribution in [3.8, 4) is 0 Å². The first-order valence-electron chi connectivity index (χ1n) is 6.65. The fraction of sp³-hybridized carbons (Fsp3) is 0.294. The summed E-state index contributed by atoms with van der Waals surface area (Å²) in [6, 6.07) is 15.0. The van der Waals surface area contributed by atoms with Gasteiger partial charge >= 0.3 is 0 Å². The molecule has 0 bridgehead atoms. The van der Waals surface area contributed by atoms with Crippen LogP contribution in [0.5, 0.6) is 0 Å². The van der Waals surface area contributed by atoms with Crippen LogP contribution in [0, 0.1) is 13.8 Å². The number of hydrogen-bond donors (Lipinski definition) is 0. The fourth-order valence-corrected chi connectivity index (χ4v) is 2.56. The highest BCUT2D eigenvalue weighted by Gasteiger charge is 2.10. The van der Waals surface area contributed by atoms with Gasteiger partial charge in [0.2, 0.25) is 0 Å². The molecule has 2 heteroatoms. The molecule has 0 atom stereocenters. The average molecular weight is 274 g/mol. The first-order valence-corrected chi connectivity index (χ1v) is 7.19. The Balaban J connectivity index is 2.42. The molecule has 0 spiro atoms. The highest BCUT2D eigenvalue weighted by Crippen LogP contribution is 2.29. The van der Waals surface area contributed by atoms with E-state index in [-0.39, 0.29) is 0 Å². The molecule has 0 aliphatic rings. The lowest BCUT2D eigenvalue weighted by Gasteiger charge is -2.25. The van der Waals surface area contributed by atoms with Crippen LogP contribution in [-0.2, 0) is 5.88 Å². The second-order valence-electron chi connectivity index (χ2n) is 4.84. The van der Waals surface area contributed by atoms with Gasteiger partial charge in [-0.15, -0.1) is 11.6 Å². The lowest BCUT2D eigenvalue weighted by Crippen LogP contribution is -2.17. The molecule has 0 heterocycles. The summed E-state index contributed by atoms with van der Waals surface area (Å²) in [5.74, 6) is 0.567. The van der Waals surface area contributed by atoms with Crippen LogP contribution in [0.25, 0.3) is 0 Å². The van der Waals surface area contributed by atoms with Gasteiger partial charge in [0.1, 0.15) is 0 Å². The van der Waals surface area contributed by atoms with Gasteiger partial charge in [-0.2, -0.15) is 0 Å². The van der Waals surface area contributed by atoms with Gasteiger partial charge in [0.05, 0.1) is 0 Å². The number of halogens is 1. The van der Waals surface area contributed by atoms with Gasteiger partial charge < -0.3 is 4.90 Å². The van der Waals surface area contributed by atoms with E-state index in [9.17, 15) is 0 Å². The van der Waals surface area contributed by atoms with Crippen molar-refractivity contribution in [3.05, 3.63) is 59.2 Å². The van der Waals surface area contributed by atoms with Gasteiger partial charge in [-0.3, -0.25) is 0 Å². The summed E-state index contributed by atoms with van der Waals surface area (Å²) in [4.78, 5) is 2.33. The molecule has 2 aromatic carbocycles. The van der Waals surface area contributed by atoms with Crippen LogP contribution in [-0.4, -0.2) is 6.54 Å². The molecule has 0 fully saturated rings. The Morgan fingerprint density at radius 3 is 2.42 bits per heavy atom. The predicted molar refractivity (Wildman–Crippen MR) is 84.6 cm³/mol. The maximum absolute atomic E-state index is 5.89. The molecular weight excluding hydrogens is 254 g/mol. The third-order valence-corrected chi connectivity index (χ3v) is 3.64. The van der Waals surface area contributed by atoms with Crippen molar-refractivity contribution >= 4 is 23.0 Å². The minimum absolute atomic E-state index is 0.567. The molecule has 0 amide bonds. The Morgan fingerprint density at radius 1 is 1.05 bits per heavy atom. The Labute approximate surface area is 120 Å². The zero-order valence-electron chi connectivity index (χ0n) is 11.8. The van der Waals surface area contributed by atoms with Crippen LogP contribution in [0.2, 0.25) is 0 Å². The Morgan fingerprint density at radius 2 is 1.84 bits per heavy atom. The van der Waals surface area contributed by atoms with Gasteiger partial charge in [-0.1, -0.05) is 24.3 Å². The molecule has 100 valence electrons. The molecule has 0 saturated carbocycles. The number of rotatable bonds is 4. The second kappa shape index (κ2) is 6.12. The predicted octanol–water partition coefficient (Wildman–Crippen LogP) is 5.20. The van der Waals surface area contributed by atoms with Crippen molar-refractivity contribution in [2.75, 3.05) is 11.4 Å². The van der Waals surface area contributed by atoms with Gasteiger partial charge in [0, 0.05) is 23.8 Å². The van der Waals surface area contributed by atoms with E-state index < -0.39 is 0 Å². The largest absolute Gasteiger partial charge is 0.342 e. The van der Waals surface area contributed by atoms with E-state index in [1.165, 1.54) is 28.1 Å². The van der Waals surface area contributed by atoms with E-state index >= 15 is 0 Å². The average Bonchev–Trinajstić information content (AvgIpc) is 2.41. The van der Waals surface area contributed by atoms with E-state index in [0.29, 0.717) is 5.88 Å². The standard InChI is InChI=1S/C17H20ClN/c1-4-19(16-7-5-6-13(2)10-16)17-9-8-15(12-18)11-14(17)3/h5-11H,4,12H2,1-3H3.